The molecule has 2 N–H and O–H groups in total. The average Bonchev–Trinajstić information content (AvgIpc) is 2.33. The minimum atomic E-state index is -4.38. The topological polar surface area (TPSA) is 64.8 Å². The molecule has 0 rings (SSSR count). The van der Waals surface area contributed by atoms with E-state index in [0.717, 1.165) is 0 Å². The molecule has 5 nitrogen and oxygen atoms in total. The minimum Gasteiger partial charge on any atom is -0.393 e. The van der Waals surface area contributed by atoms with E-state index < -0.39 is 12.8 Å². The van der Waals surface area contributed by atoms with Crippen LogP contribution in [0.15, 0.2) is 0 Å². The summed E-state index contributed by atoms with van der Waals surface area (Å²) in [5.74, 6) is -0.319. The molecular weight excluding hydrogens is 297 g/mol. The summed E-state index contributed by atoms with van der Waals surface area (Å²) in [6.45, 7) is -0.666. The zero-order chi connectivity index (χ0) is 15.6. The zero-order valence-corrected chi connectivity index (χ0v) is 12.1. The number of methoxy groups -OCH3 is 1. The number of nitrogens with two attached hydrogens (primary N) is 1. The van der Waals surface area contributed by atoms with Crippen molar-refractivity contribution in [1.29, 1.82) is 0 Å². The van der Waals surface area contributed by atoms with Gasteiger partial charge in [0, 0.05) is 26.6 Å². The maximum absolute atomic E-state index is 11.8. The van der Waals surface area contributed by atoms with E-state index in [1.165, 1.54) is 12.0 Å². The molecule has 0 fully saturated rings. The first kappa shape index (κ1) is 19.1. The summed E-state index contributed by atoms with van der Waals surface area (Å²) >= 11 is 4.72. The number of alkyl halides is 3. The van der Waals surface area contributed by atoms with Gasteiger partial charge in [0.15, 0.2) is 0 Å². The number of rotatable bonds is 10. The van der Waals surface area contributed by atoms with Crippen molar-refractivity contribution < 1.29 is 27.4 Å². The molecule has 0 atom stereocenters. The van der Waals surface area contributed by atoms with Crippen LogP contribution < -0.4 is 5.73 Å². The molecule has 1 amide bonds. The second kappa shape index (κ2) is 9.89. The predicted molar refractivity (Wildman–Crippen MR) is 71.3 cm³/mol. The highest BCUT2D eigenvalue weighted by atomic mass is 32.1. The molecule has 0 unspecified atom stereocenters. The van der Waals surface area contributed by atoms with E-state index in [1.54, 1.807) is 0 Å². The highest BCUT2D eigenvalue weighted by Crippen LogP contribution is 2.14. The maximum atomic E-state index is 11.8. The first-order chi connectivity index (χ1) is 9.26. The smallest absolute Gasteiger partial charge is 0.393 e. The summed E-state index contributed by atoms with van der Waals surface area (Å²) in [6, 6.07) is 0. The molecule has 0 aromatic carbocycles. The lowest BCUT2D eigenvalue weighted by Gasteiger charge is -2.22. The average molecular weight is 316 g/mol. The van der Waals surface area contributed by atoms with E-state index in [9.17, 15) is 18.0 Å². The van der Waals surface area contributed by atoms with Crippen LogP contribution >= 0.6 is 12.2 Å². The Kier molecular flexibility index (Phi) is 9.43. The van der Waals surface area contributed by atoms with Crippen molar-refractivity contribution in [2.75, 3.05) is 40.0 Å². The van der Waals surface area contributed by atoms with E-state index in [2.05, 4.69) is 4.74 Å². The summed E-state index contributed by atoms with van der Waals surface area (Å²) in [6.07, 6.45) is -4.16. The molecule has 0 aliphatic heterocycles. The number of carbonyl (C=O) groups is 1. The standard InChI is InChI=1S/C11H19F3N2O3S/c1-18-7-5-16(4-2-9(15)20)10(17)3-6-19-8-11(12,13)14/h2-8H2,1H3,(H2,15,20). The second-order valence-corrected chi connectivity index (χ2v) is 4.53. The minimum absolute atomic E-state index is 0.128. The van der Waals surface area contributed by atoms with Gasteiger partial charge in [0.25, 0.3) is 0 Å². The molecular formula is C11H19F3N2O3S. The van der Waals surface area contributed by atoms with Gasteiger partial charge >= 0.3 is 6.18 Å². The molecule has 0 spiro atoms. The highest BCUT2D eigenvalue weighted by Gasteiger charge is 2.27. The molecule has 0 radical (unpaired) electrons. The largest absolute Gasteiger partial charge is 0.411 e. The van der Waals surface area contributed by atoms with Crippen LogP contribution in [0.1, 0.15) is 12.8 Å². The molecule has 20 heavy (non-hydrogen) atoms. The van der Waals surface area contributed by atoms with Gasteiger partial charge in [-0.3, -0.25) is 4.79 Å². The van der Waals surface area contributed by atoms with Gasteiger partial charge in [0.1, 0.15) is 6.61 Å². The Bertz CT molecular complexity index is 314. The van der Waals surface area contributed by atoms with Crippen molar-refractivity contribution in [3.63, 3.8) is 0 Å². The van der Waals surface area contributed by atoms with E-state index in [1.807, 2.05) is 0 Å². The summed E-state index contributed by atoms with van der Waals surface area (Å²) in [7, 11) is 1.49. The monoisotopic (exact) mass is 316 g/mol. The van der Waals surface area contributed by atoms with Gasteiger partial charge < -0.3 is 20.1 Å². The number of nitrogens with zero attached hydrogens (tertiary/aromatic N) is 1. The fourth-order valence-corrected chi connectivity index (χ4v) is 1.40. The predicted octanol–water partition coefficient (Wildman–Crippen LogP) is 1.11. The fourth-order valence-electron chi connectivity index (χ4n) is 1.31. The number of carbonyl (C=O) groups excluding carboxylic acids is 1. The van der Waals surface area contributed by atoms with E-state index >= 15 is 0 Å². The van der Waals surface area contributed by atoms with Crippen LogP contribution in [0.2, 0.25) is 0 Å². The van der Waals surface area contributed by atoms with Gasteiger partial charge in [-0.15, -0.1) is 0 Å². The van der Waals surface area contributed by atoms with Crippen molar-refractivity contribution >= 4 is 23.1 Å². The fraction of sp³-hybridized carbons (Fsp3) is 0.818. The molecule has 0 saturated heterocycles. The van der Waals surface area contributed by atoms with Crippen molar-refractivity contribution in [1.82, 2.24) is 4.90 Å². The van der Waals surface area contributed by atoms with Gasteiger partial charge in [0.2, 0.25) is 5.91 Å². The number of ether oxygens (including phenoxy) is 2. The lowest BCUT2D eigenvalue weighted by Crippen LogP contribution is -2.36. The van der Waals surface area contributed by atoms with Gasteiger partial charge in [-0.2, -0.15) is 13.2 Å². The maximum Gasteiger partial charge on any atom is 0.411 e. The number of hydrogen-bond acceptors (Lipinski definition) is 4. The first-order valence-corrected chi connectivity index (χ1v) is 6.36. The Morgan fingerprint density at radius 3 is 2.40 bits per heavy atom. The molecule has 0 heterocycles. The Hall–Kier alpha value is -0.930. The molecule has 0 aliphatic carbocycles. The first-order valence-electron chi connectivity index (χ1n) is 5.95. The van der Waals surface area contributed by atoms with Crippen LogP contribution in [0.3, 0.4) is 0 Å². The van der Waals surface area contributed by atoms with Crippen molar-refractivity contribution in [2.45, 2.75) is 19.0 Å². The number of thiocarbonyl (C=S) groups is 1. The van der Waals surface area contributed by atoms with Crippen LogP contribution in [0, 0.1) is 0 Å². The van der Waals surface area contributed by atoms with Crippen LogP contribution in [0.4, 0.5) is 13.2 Å². The normalized spacial score (nSPS) is 11.4. The van der Waals surface area contributed by atoms with Crippen LogP contribution in [0.5, 0.6) is 0 Å². The summed E-state index contributed by atoms with van der Waals surface area (Å²) in [4.78, 5) is 13.5. The second-order valence-electron chi connectivity index (χ2n) is 4.01. The van der Waals surface area contributed by atoms with Gasteiger partial charge in [-0.05, 0) is 0 Å². The molecule has 118 valence electrons. The van der Waals surface area contributed by atoms with Crippen molar-refractivity contribution in [3.8, 4) is 0 Å². The zero-order valence-electron chi connectivity index (χ0n) is 11.2. The third-order valence-corrected chi connectivity index (χ3v) is 2.48. The quantitative estimate of drug-likeness (QED) is 0.483. The lowest BCUT2D eigenvalue weighted by molar-refractivity contribution is -0.175. The molecule has 0 saturated carbocycles. The van der Waals surface area contributed by atoms with Crippen LogP contribution in [-0.2, 0) is 14.3 Å². The van der Waals surface area contributed by atoms with Crippen LogP contribution in [-0.4, -0.2) is 62.0 Å². The van der Waals surface area contributed by atoms with E-state index in [-0.39, 0.29) is 23.9 Å². The summed E-state index contributed by atoms with van der Waals surface area (Å²) in [5.41, 5.74) is 5.35. The number of hydrogen-bond donors (Lipinski definition) is 1. The van der Waals surface area contributed by atoms with Crippen molar-refractivity contribution in [2.24, 2.45) is 5.73 Å². The molecule has 0 aromatic heterocycles. The Labute approximate surface area is 121 Å². The van der Waals surface area contributed by atoms with Gasteiger partial charge in [-0.25, -0.2) is 0 Å². The van der Waals surface area contributed by atoms with Crippen LogP contribution in [0.25, 0.3) is 0 Å². The Morgan fingerprint density at radius 2 is 1.90 bits per heavy atom. The van der Waals surface area contributed by atoms with E-state index in [4.69, 9.17) is 22.7 Å². The number of amides is 1. The lowest BCUT2D eigenvalue weighted by atomic mass is 10.3. The highest BCUT2D eigenvalue weighted by molar-refractivity contribution is 7.80. The third-order valence-electron chi connectivity index (χ3n) is 2.27. The number of halogens is 3. The molecule has 0 bridgehead atoms. The molecule has 9 heteroatoms. The molecule has 0 aromatic rings. The summed E-state index contributed by atoms with van der Waals surface area (Å²) in [5, 5.41) is 0. The Morgan fingerprint density at radius 1 is 1.25 bits per heavy atom. The van der Waals surface area contributed by atoms with E-state index in [0.29, 0.717) is 26.1 Å². The van der Waals surface area contributed by atoms with Crippen molar-refractivity contribution in [3.05, 3.63) is 0 Å². The SMILES string of the molecule is COCCN(CCC(N)=S)C(=O)CCOCC(F)(F)F. The van der Waals surface area contributed by atoms with Gasteiger partial charge in [0.05, 0.1) is 24.6 Å². The summed E-state index contributed by atoms with van der Waals surface area (Å²) < 4.78 is 44.8. The molecule has 0 aliphatic rings. The third kappa shape index (κ3) is 10.9. The van der Waals surface area contributed by atoms with Gasteiger partial charge in [-0.1, -0.05) is 12.2 Å². The Balaban J connectivity index is 4.08.